The highest BCUT2D eigenvalue weighted by atomic mass is 16.6. The molecule has 0 atom stereocenters. The normalized spacial score (nSPS) is 11.3. The van der Waals surface area contributed by atoms with Crippen molar-refractivity contribution in [1.82, 2.24) is 19.7 Å². The van der Waals surface area contributed by atoms with Gasteiger partial charge in [-0.05, 0) is 24.3 Å². The van der Waals surface area contributed by atoms with E-state index in [1.165, 1.54) is 23.1 Å². The van der Waals surface area contributed by atoms with E-state index in [0.29, 0.717) is 17.2 Å². The maximum absolute atomic E-state index is 13.1. The summed E-state index contributed by atoms with van der Waals surface area (Å²) in [5.74, 6) is 0.380. The highest BCUT2D eigenvalue weighted by Crippen LogP contribution is 2.29. The van der Waals surface area contributed by atoms with Crippen LogP contribution >= 0.6 is 0 Å². The number of nitro benzene ring substituents is 1. The van der Waals surface area contributed by atoms with Crippen LogP contribution in [0.15, 0.2) is 85.2 Å². The lowest BCUT2D eigenvalue weighted by molar-refractivity contribution is -0.384. The molecule has 0 aliphatic heterocycles. The van der Waals surface area contributed by atoms with Gasteiger partial charge in [-0.1, -0.05) is 57.2 Å². The number of nitro groups is 1. The van der Waals surface area contributed by atoms with Gasteiger partial charge in [-0.3, -0.25) is 15.4 Å². The fraction of sp³-hybridized carbons (Fsp3) is 0.143. The maximum atomic E-state index is 13.1. The molecule has 2 heterocycles. The lowest BCUT2D eigenvalue weighted by atomic mass is 9.92. The summed E-state index contributed by atoms with van der Waals surface area (Å²) in [5, 5.41) is 22.6. The molecule has 2 aromatic heterocycles. The Hall–Kier alpha value is -5.12. The molecule has 3 aromatic carbocycles. The summed E-state index contributed by atoms with van der Waals surface area (Å²) in [6, 6.07) is 22.5. The fourth-order valence-corrected chi connectivity index (χ4v) is 4.03. The molecule has 0 spiro atoms. The molecule has 0 saturated carbocycles. The van der Waals surface area contributed by atoms with Crippen molar-refractivity contribution in [3.05, 3.63) is 101 Å². The van der Waals surface area contributed by atoms with Crippen LogP contribution in [0.5, 0.6) is 0 Å². The van der Waals surface area contributed by atoms with Crippen LogP contribution in [0.3, 0.4) is 0 Å². The predicted octanol–water partition coefficient (Wildman–Crippen LogP) is 6.33. The Kier molecular flexibility index (Phi) is 6.29. The van der Waals surface area contributed by atoms with Gasteiger partial charge in [0, 0.05) is 40.3 Å². The van der Waals surface area contributed by atoms with E-state index in [1.54, 1.807) is 24.3 Å². The van der Waals surface area contributed by atoms with Crippen molar-refractivity contribution in [2.24, 2.45) is 0 Å². The van der Waals surface area contributed by atoms with Crippen molar-refractivity contribution in [2.75, 3.05) is 10.6 Å². The Morgan fingerprint density at radius 1 is 0.921 bits per heavy atom. The van der Waals surface area contributed by atoms with Crippen LogP contribution in [0.4, 0.5) is 22.0 Å². The fourth-order valence-electron chi connectivity index (χ4n) is 4.03. The summed E-state index contributed by atoms with van der Waals surface area (Å²) in [4.78, 5) is 32.7. The number of para-hydroxylation sites is 1. The molecule has 190 valence electrons. The molecular weight excluding hydrogens is 482 g/mol. The first kappa shape index (κ1) is 24.6. The van der Waals surface area contributed by atoms with Gasteiger partial charge in [0.1, 0.15) is 12.1 Å². The summed E-state index contributed by atoms with van der Waals surface area (Å²) in [5.41, 5.74) is 3.79. The first-order valence-corrected chi connectivity index (χ1v) is 11.9. The van der Waals surface area contributed by atoms with E-state index < -0.39 is 11.0 Å². The average Bonchev–Trinajstić information content (AvgIpc) is 3.33. The number of urea groups is 1. The molecule has 2 amide bonds. The van der Waals surface area contributed by atoms with Crippen molar-refractivity contribution in [2.45, 2.75) is 26.2 Å². The number of benzene rings is 3. The van der Waals surface area contributed by atoms with Gasteiger partial charge in [-0.15, -0.1) is 0 Å². The van der Waals surface area contributed by atoms with Crippen LogP contribution in [0.1, 0.15) is 26.5 Å². The number of non-ortho nitro benzene ring substituents is 1. The number of hydrogen-bond donors (Lipinski definition) is 2. The molecule has 5 aromatic rings. The number of hydrogen-bond acceptors (Lipinski definition) is 6. The minimum atomic E-state index is -0.485. The Morgan fingerprint density at radius 2 is 1.71 bits per heavy atom. The van der Waals surface area contributed by atoms with E-state index in [4.69, 9.17) is 0 Å². The lowest BCUT2D eigenvalue weighted by Gasteiger charge is -2.14. The molecule has 0 aliphatic rings. The lowest BCUT2D eigenvalue weighted by Crippen LogP contribution is -2.21. The molecule has 0 bridgehead atoms. The zero-order chi connectivity index (χ0) is 26.9. The van der Waals surface area contributed by atoms with E-state index in [0.717, 1.165) is 27.9 Å². The minimum absolute atomic E-state index is 0.0697. The predicted molar refractivity (Wildman–Crippen MR) is 147 cm³/mol. The number of carbonyl (C=O) groups excluding carboxylic acids is 1. The second-order valence-electron chi connectivity index (χ2n) is 9.75. The Balaban J connectivity index is 1.43. The molecule has 0 radical (unpaired) electrons. The zero-order valence-corrected chi connectivity index (χ0v) is 21.0. The van der Waals surface area contributed by atoms with Gasteiger partial charge in [0.15, 0.2) is 0 Å². The molecular formula is C28H25N7O3. The van der Waals surface area contributed by atoms with Crippen LogP contribution in [0.2, 0.25) is 0 Å². The highest BCUT2D eigenvalue weighted by molar-refractivity contribution is 6.00. The van der Waals surface area contributed by atoms with E-state index in [9.17, 15) is 14.9 Å². The number of fused-ring (bicyclic) bond motifs is 1. The SMILES string of the molecule is CC(C)(C)c1cc(NC(=O)Nc2cccc(-c3ncnc4ccccc34)c2)n(-c2cccc([N+](=O)[O-])c2)n1. The number of nitrogens with zero attached hydrogens (tertiary/aromatic N) is 5. The third-order valence-electron chi connectivity index (χ3n) is 5.94. The van der Waals surface area contributed by atoms with Crippen LogP contribution in [0.25, 0.3) is 27.8 Å². The van der Waals surface area contributed by atoms with Gasteiger partial charge in [0.25, 0.3) is 5.69 Å². The summed E-state index contributed by atoms with van der Waals surface area (Å²) in [6.45, 7) is 6.00. The van der Waals surface area contributed by atoms with E-state index in [2.05, 4.69) is 25.7 Å². The summed E-state index contributed by atoms with van der Waals surface area (Å²) < 4.78 is 1.50. The molecule has 10 nitrogen and oxygen atoms in total. The first-order chi connectivity index (χ1) is 18.2. The number of anilines is 2. The summed E-state index contributed by atoms with van der Waals surface area (Å²) in [7, 11) is 0. The Morgan fingerprint density at radius 3 is 2.50 bits per heavy atom. The third-order valence-corrected chi connectivity index (χ3v) is 5.94. The standard InChI is InChI=1S/C28H25N7O3/c1-28(2,3)24-16-25(34(33-24)20-10-7-11-21(15-20)35(37)38)32-27(36)31-19-9-6-8-18(14-19)26-22-12-4-5-13-23(22)29-17-30-26/h4-17H,1-3H3,(H2,31,32,36). The number of aromatic nitrogens is 4. The molecule has 0 aliphatic carbocycles. The van der Waals surface area contributed by atoms with Gasteiger partial charge in [-0.2, -0.15) is 5.10 Å². The van der Waals surface area contributed by atoms with Gasteiger partial charge < -0.3 is 5.32 Å². The largest absolute Gasteiger partial charge is 0.324 e. The Labute approximate surface area is 218 Å². The molecule has 0 unspecified atom stereocenters. The number of nitrogens with one attached hydrogen (secondary N) is 2. The summed E-state index contributed by atoms with van der Waals surface area (Å²) >= 11 is 0. The minimum Gasteiger partial charge on any atom is -0.308 e. The zero-order valence-electron chi connectivity index (χ0n) is 21.0. The number of amides is 2. The second-order valence-corrected chi connectivity index (χ2v) is 9.75. The van der Waals surface area contributed by atoms with Crippen LogP contribution in [-0.4, -0.2) is 30.7 Å². The van der Waals surface area contributed by atoms with Gasteiger partial charge in [0.2, 0.25) is 0 Å². The average molecular weight is 508 g/mol. The Bertz CT molecular complexity index is 1670. The van der Waals surface area contributed by atoms with Crippen molar-refractivity contribution in [3.63, 3.8) is 0 Å². The smallest absolute Gasteiger partial charge is 0.308 e. The van der Waals surface area contributed by atoms with Crippen LogP contribution < -0.4 is 10.6 Å². The topological polar surface area (TPSA) is 128 Å². The third kappa shape index (κ3) is 5.05. The molecule has 38 heavy (non-hydrogen) atoms. The van der Waals surface area contributed by atoms with Crippen molar-refractivity contribution < 1.29 is 9.72 Å². The van der Waals surface area contributed by atoms with Gasteiger partial charge >= 0.3 is 6.03 Å². The van der Waals surface area contributed by atoms with Crippen LogP contribution in [0, 0.1) is 10.1 Å². The van der Waals surface area contributed by atoms with Crippen molar-refractivity contribution >= 4 is 34.1 Å². The van der Waals surface area contributed by atoms with Crippen LogP contribution in [-0.2, 0) is 5.41 Å². The summed E-state index contributed by atoms with van der Waals surface area (Å²) in [6.07, 6.45) is 1.52. The monoisotopic (exact) mass is 507 g/mol. The van der Waals surface area contributed by atoms with Gasteiger partial charge in [0.05, 0.1) is 27.5 Å². The number of carbonyl (C=O) groups is 1. The van der Waals surface area contributed by atoms with Crippen molar-refractivity contribution in [1.29, 1.82) is 0 Å². The molecule has 5 rings (SSSR count). The molecule has 2 N–H and O–H groups in total. The van der Waals surface area contributed by atoms with E-state index >= 15 is 0 Å². The number of rotatable bonds is 5. The van der Waals surface area contributed by atoms with Crippen molar-refractivity contribution in [3.8, 4) is 16.9 Å². The highest BCUT2D eigenvalue weighted by Gasteiger charge is 2.22. The van der Waals surface area contributed by atoms with E-state index in [1.807, 2.05) is 63.2 Å². The molecule has 10 heteroatoms. The quantitative estimate of drug-likeness (QED) is 0.211. The molecule has 0 fully saturated rings. The van der Waals surface area contributed by atoms with Gasteiger partial charge in [-0.25, -0.2) is 19.4 Å². The maximum Gasteiger partial charge on any atom is 0.324 e. The van der Waals surface area contributed by atoms with E-state index in [-0.39, 0.29) is 11.1 Å². The second kappa shape index (κ2) is 9.74. The first-order valence-electron chi connectivity index (χ1n) is 11.9. The molecule has 0 saturated heterocycles.